The summed E-state index contributed by atoms with van der Waals surface area (Å²) in [6, 6.07) is 5.66. The Morgan fingerprint density at radius 3 is 3.10 bits per heavy atom. The number of halogens is 1. The summed E-state index contributed by atoms with van der Waals surface area (Å²) in [5.41, 5.74) is 0.935. The van der Waals surface area contributed by atoms with Crippen LogP contribution in [0, 0.1) is 0 Å². The van der Waals surface area contributed by atoms with Crippen LogP contribution in [0.4, 0.5) is 0 Å². The molecule has 0 bridgehead atoms. The molecule has 1 aliphatic rings. The van der Waals surface area contributed by atoms with E-state index in [1.807, 2.05) is 18.2 Å². The number of hydrogen-bond donors (Lipinski definition) is 1. The van der Waals surface area contributed by atoms with Crippen molar-refractivity contribution in [2.24, 2.45) is 0 Å². The number of benzene rings is 1. The maximum absolute atomic E-state index is 11.7. The second kappa shape index (κ2) is 7.45. The lowest BCUT2D eigenvalue weighted by Crippen LogP contribution is -2.30. The van der Waals surface area contributed by atoms with Gasteiger partial charge in [0.15, 0.2) is 0 Å². The third-order valence-corrected chi connectivity index (χ3v) is 3.75. The average Bonchev–Trinajstić information content (AvgIpc) is 2.96. The fourth-order valence-corrected chi connectivity index (χ4v) is 2.60. The van der Waals surface area contributed by atoms with Crippen molar-refractivity contribution in [2.75, 3.05) is 20.3 Å². The van der Waals surface area contributed by atoms with Crippen LogP contribution in [-0.4, -0.2) is 32.3 Å². The van der Waals surface area contributed by atoms with E-state index in [4.69, 9.17) is 9.47 Å². The van der Waals surface area contributed by atoms with Gasteiger partial charge in [-0.3, -0.25) is 4.79 Å². The summed E-state index contributed by atoms with van der Waals surface area (Å²) < 4.78 is 11.5. The van der Waals surface area contributed by atoms with Gasteiger partial charge in [0, 0.05) is 19.2 Å². The van der Waals surface area contributed by atoms with Gasteiger partial charge in [-0.1, -0.05) is 6.07 Å². The highest BCUT2D eigenvalue weighted by Crippen LogP contribution is 2.25. The summed E-state index contributed by atoms with van der Waals surface area (Å²) in [7, 11) is 1.62. The number of ether oxygens (including phenoxy) is 2. The summed E-state index contributed by atoms with van der Waals surface area (Å²) in [5.74, 6) is 0.664. The maximum atomic E-state index is 11.7. The number of amides is 1. The average molecular weight is 340 g/mol. The molecular weight excluding hydrogens is 322 g/mol. The number of hydrogen-bond acceptors (Lipinski definition) is 3. The maximum Gasteiger partial charge on any atom is 0.244 e. The van der Waals surface area contributed by atoms with E-state index in [0.29, 0.717) is 6.54 Å². The Balaban J connectivity index is 1.84. The summed E-state index contributed by atoms with van der Waals surface area (Å²) in [6.45, 7) is 1.38. The molecule has 1 aromatic carbocycles. The Bertz CT molecular complexity index is 496. The standard InChI is InChI=1S/C15H18BrNO3/c1-19-14-6-4-11(9-13(14)16)5-7-15(18)17-10-12-3-2-8-20-12/h4-7,9,12H,2-3,8,10H2,1H3,(H,17,18)/b7-5+/t12-/m0/s1. The predicted octanol–water partition coefficient (Wildman–Crippen LogP) is 2.77. The van der Waals surface area contributed by atoms with Crippen LogP contribution in [0.2, 0.25) is 0 Å². The Labute approximate surface area is 127 Å². The topological polar surface area (TPSA) is 47.6 Å². The molecule has 1 N–H and O–H groups in total. The van der Waals surface area contributed by atoms with Crippen molar-refractivity contribution >= 4 is 27.9 Å². The Morgan fingerprint density at radius 1 is 1.60 bits per heavy atom. The molecule has 1 aromatic rings. The van der Waals surface area contributed by atoms with Gasteiger partial charge in [0.1, 0.15) is 5.75 Å². The number of carbonyl (C=O) groups is 1. The highest BCUT2D eigenvalue weighted by molar-refractivity contribution is 9.10. The van der Waals surface area contributed by atoms with Crippen molar-refractivity contribution < 1.29 is 14.3 Å². The lowest BCUT2D eigenvalue weighted by molar-refractivity contribution is -0.116. The van der Waals surface area contributed by atoms with Crippen LogP contribution in [0.3, 0.4) is 0 Å². The van der Waals surface area contributed by atoms with Gasteiger partial charge >= 0.3 is 0 Å². The lowest BCUT2D eigenvalue weighted by atomic mass is 10.2. The zero-order valence-corrected chi connectivity index (χ0v) is 13.0. The smallest absolute Gasteiger partial charge is 0.244 e. The molecule has 1 heterocycles. The van der Waals surface area contributed by atoms with Crippen LogP contribution >= 0.6 is 15.9 Å². The van der Waals surface area contributed by atoms with Gasteiger partial charge in [0.05, 0.1) is 17.7 Å². The fraction of sp³-hybridized carbons (Fsp3) is 0.400. The number of carbonyl (C=O) groups excluding carboxylic acids is 1. The second-order valence-corrected chi connectivity index (χ2v) is 5.46. The Hall–Kier alpha value is -1.33. The number of nitrogens with one attached hydrogen (secondary N) is 1. The molecule has 20 heavy (non-hydrogen) atoms. The molecule has 0 saturated carbocycles. The van der Waals surface area contributed by atoms with Crippen LogP contribution in [0.25, 0.3) is 6.08 Å². The van der Waals surface area contributed by atoms with Crippen LogP contribution in [-0.2, 0) is 9.53 Å². The molecule has 1 amide bonds. The summed E-state index contributed by atoms with van der Waals surface area (Å²) in [6.07, 6.45) is 5.58. The van der Waals surface area contributed by atoms with E-state index in [1.54, 1.807) is 13.2 Å². The molecule has 0 spiro atoms. The minimum Gasteiger partial charge on any atom is -0.496 e. The van der Waals surface area contributed by atoms with E-state index in [9.17, 15) is 4.79 Å². The van der Waals surface area contributed by atoms with Crippen molar-refractivity contribution in [3.63, 3.8) is 0 Å². The zero-order valence-electron chi connectivity index (χ0n) is 11.4. The third-order valence-electron chi connectivity index (χ3n) is 3.13. The summed E-state index contributed by atoms with van der Waals surface area (Å²) in [5, 5.41) is 2.84. The molecule has 2 rings (SSSR count). The van der Waals surface area contributed by atoms with Crippen LogP contribution in [0.15, 0.2) is 28.7 Å². The van der Waals surface area contributed by atoms with E-state index >= 15 is 0 Å². The predicted molar refractivity (Wildman–Crippen MR) is 81.7 cm³/mol. The molecule has 108 valence electrons. The van der Waals surface area contributed by atoms with E-state index in [-0.39, 0.29) is 12.0 Å². The molecular formula is C15H18BrNO3. The van der Waals surface area contributed by atoms with Gasteiger partial charge in [-0.05, 0) is 52.5 Å². The van der Waals surface area contributed by atoms with Gasteiger partial charge < -0.3 is 14.8 Å². The first-order valence-corrected chi connectivity index (χ1v) is 7.39. The van der Waals surface area contributed by atoms with E-state index < -0.39 is 0 Å². The fourth-order valence-electron chi connectivity index (χ4n) is 2.04. The van der Waals surface area contributed by atoms with Gasteiger partial charge in [0.25, 0.3) is 0 Å². The normalized spacial score (nSPS) is 18.4. The third kappa shape index (κ3) is 4.35. The number of methoxy groups -OCH3 is 1. The second-order valence-electron chi connectivity index (χ2n) is 4.61. The quantitative estimate of drug-likeness (QED) is 0.839. The number of rotatable bonds is 5. The van der Waals surface area contributed by atoms with Crippen molar-refractivity contribution in [1.82, 2.24) is 5.32 Å². The molecule has 0 aliphatic carbocycles. The van der Waals surface area contributed by atoms with Crippen molar-refractivity contribution in [1.29, 1.82) is 0 Å². The SMILES string of the molecule is COc1ccc(/C=C/C(=O)NC[C@@H]2CCCO2)cc1Br. The molecule has 4 nitrogen and oxygen atoms in total. The molecule has 0 radical (unpaired) electrons. The first kappa shape index (κ1) is 15.1. The van der Waals surface area contributed by atoms with Crippen LogP contribution < -0.4 is 10.1 Å². The van der Waals surface area contributed by atoms with E-state index in [0.717, 1.165) is 35.2 Å². The van der Waals surface area contributed by atoms with Crippen LogP contribution in [0.5, 0.6) is 5.75 Å². The Kier molecular flexibility index (Phi) is 5.61. The first-order chi connectivity index (χ1) is 9.69. The van der Waals surface area contributed by atoms with E-state index in [1.165, 1.54) is 6.08 Å². The lowest BCUT2D eigenvalue weighted by Gasteiger charge is -2.08. The molecule has 0 aromatic heterocycles. The molecule has 1 aliphatic heterocycles. The highest BCUT2D eigenvalue weighted by Gasteiger charge is 2.15. The zero-order chi connectivity index (χ0) is 14.4. The molecule has 5 heteroatoms. The van der Waals surface area contributed by atoms with Gasteiger partial charge in [-0.15, -0.1) is 0 Å². The minimum atomic E-state index is -0.104. The van der Waals surface area contributed by atoms with Crippen LogP contribution in [0.1, 0.15) is 18.4 Å². The van der Waals surface area contributed by atoms with Crippen molar-refractivity contribution in [3.05, 3.63) is 34.3 Å². The van der Waals surface area contributed by atoms with Crippen molar-refractivity contribution in [3.8, 4) is 5.75 Å². The molecule has 0 unspecified atom stereocenters. The Morgan fingerprint density at radius 2 is 2.45 bits per heavy atom. The minimum absolute atomic E-state index is 0.104. The summed E-state index contributed by atoms with van der Waals surface area (Å²) >= 11 is 3.41. The van der Waals surface area contributed by atoms with Gasteiger partial charge in [-0.2, -0.15) is 0 Å². The molecule has 1 atom stereocenters. The van der Waals surface area contributed by atoms with Gasteiger partial charge in [-0.25, -0.2) is 0 Å². The first-order valence-electron chi connectivity index (χ1n) is 6.60. The van der Waals surface area contributed by atoms with E-state index in [2.05, 4.69) is 21.2 Å². The summed E-state index contributed by atoms with van der Waals surface area (Å²) in [4.78, 5) is 11.7. The molecule has 1 fully saturated rings. The van der Waals surface area contributed by atoms with Gasteiger partial charge in [0.2, 0.25) is 5.91 Å². The monoisotopic (exact) mass is 339 g/mol. The van der Waals surface area contributed by atoms with Crippen molar-refractivity contribution in [2.45, 2.75) is 18.9 Å². The highest BCUT2D eigenvalue weighted by atomic mass is 79.9. The molecule has 1 saturated heterocycles. The largest absolute Gasteiger partial charge is 0.496 e.